The van der Waals surface area contributed by atoms with Crippen LogP contribution in [0.5, 0.6) is 0 Å². The SMILES string of the molecule is CNC(C)C(=O)NC(C(=O)N1CCCC1C(=O)Nc1ccc2ncnc(Nc3ccc(F)c(Cl)c3F)c2c1)C(C)(C)C. The molecule has 0 saturated carbocycles. The molecule has 0 radical (unpaired) electrons. The highest BCUT2D eigenvalue weighted by Gasteiger charge is 2.42. The van der Waals surface area contributed by atoms with Crippen molar-refractivity contribution in [2.24, 2.45) is 5.41 Å². The summed E-state index contributed by atoms with van der Waals surface area (Å²) in [5.41, 5.74) is 0.238. The molecule has 1 aromatic heterocycles. The van der Waals surface area contributed by atoms with Crippen LogP contribution in [0.2, 0.25) is 5.02 Å². The molecule has 1 aliphatic heterocycles. The number of aromatic nitrogens is 2. The van der Waals surface area contributed by atoms with Gasteiger partial charge in [-0.1, -0.05) is 32.4 Å². The largest absolute Gasteiger partial charge is 0.342 e. The predicted octanol–water partition coefficient (Wildman–Crippen LogP) is 4.37. The molecule has 3 aromatic rings. The summed E-state index contributed by atoms with van der Waals surface area (Å²) >= 11 is 5.71. The first-order chi connectivity index (χ1) is 19.8. The van der Waals surface area contributed by atoms with Gasteiger partial charge in [0.1, 0.15) is 35.1 Å². The molecule has 224 valence electrons. The van der Waals surface area contributed by atoms with E-state index in [1.54, 1.807) is 32.2 Å². The number of rotatable bonds is 8. The summed E-state index contributed by atoms with van der Waals surface area (Å²) in [6.07, 6.45) is 2.38. The number of carbonyl (C=O) groups is 3. The maximum absolute atomic E-state index is 14.5. The molecule has 0 bridgehead atoms. The van der Waals surface area contributed by atoms with E-state index in [0.717, 1.165) is 6.07 Å². The molecule has 10 nitrogen and oxygen atoms in total. The number of nitrogens with zero attached hydrogens (tertiary/aromatic N) is 3. The van der Waals surface area contributed by atoms with Gasteiger partial charge in [-0.2, -0.15) is 0 Å². The molecule has 13 heteroatoms. The van der Waals surface area contributed by atoms with Crippen molar-refractivity contribution in [1.82, 2.24) is 25.5 Å². The fraction of sp³-hybridized carbons (Fsp3) is 0.414. The Morgan fingerprint density at radius 2 is 1.86 bits per heavy atom. The third-order valence-corrected chi connectivity index (χ3v) is 7.60. The topological polar surface area (TPSA) is 128 Å². The first kappa shape index (κ1) is 31.0. The quantitative estimate of drug-likeness (QED) is 0.282. The molecule has 2 heterocycles. The average molecular weight is 602 g/mol. The Morgan fingerprint density at radius 3 is 2.55 bits per heavy atom. The summed E-state index contributed by atoms with van der Waals surface area (Å²) in [5.74, 6) is -2.66. The normalized spacial score (nSPS) is 16.7. The van der Waals surface area contributed by atoms with E-state index < -0.39 is 40.2 Å². The number of likely N-dealkylation sites (N-methyl/N-ethyl adjacent to an activating group) is 1. The second kappa shape index (κ2) is 12.5. The molecule has 2 aromatic carbocycles. The van der Waals surface area contributed by atoms with Crippen LogP contribution in [0.1, 0.15) is 40.5 Å². The number of amides is 3. The van der Waals surface area contributed by atoms with Gasteiger partial charge >= 0.3 is 0 Å². The van der Waals surface area contributed by atoms with E-state index in [0.29, 0.717) is 36.0 Å². The number of benzene rings is 2. The second-order valence-corrected chi connectivity index (χ2v) is 11.7. The first-order valence-electron chi connectivity index (χ1n) is 13.6. The fourth-order valence-corrected chi connectivity index (χ4v) is 4.89. The van der Waals surface area contributed by atoms with Crippen molar-refractivity contribution >= 4 is 57.4 Å². The summed E-state index contributed by atoms with van der Waals surface area (Å²) in [6.45, 7) is 7.66. The maximum Gasteiger partial charge on any atom is 0.247 e. The van der Waals surface area contributed by atoms with Crippen molar-refractivity contribution in [2.75, 3.05) is 24.2 Å². The van der Waals surface area contributed by atoms with E-state index in [2.05, 4.69) is 31.2 Å². The lowest BCUT2D eigenvalue weighted by atomic mass is 9.85. The van der Waals surface area contributed by atoms with Gasteiger partial charge in [-0.3, -0.25) is 14.4 Å². The van der Waals surface area contributed by atoms with Crippen LogP contribution in [0.4, 0.5) is 26.0 Å². The van der Waals surface area contributed by atoms with E-state index in [1.165, 1.54) is 17.3 Å². The zero-order valence-electron chi connectivity index (χ0n) is 24.0. The highest BCUT2D eigenvalue weighted by atomic mass is 35.5. The number of hydrogen-bond acceptors (Lipinski definition) is 7. The van der Waals surface area contributed by atoms with Gasteiger partial charge in [-0.05, 0) is 62.6 Å². The summed E-state index contributed by atoms with van der Waals surface area (Å²) in [4.78, 5) is 49.7. The van der Waals surface area contributed by atoms with E-state index in [4.69, 9.17) is 11.6 Å². The number of fused-ring (bicyclic) bond motifs is 1. The van der Waals surface area contributed by atoms with Gasteiger partial charge in [0.2, 0.25) is 17.7 Å². The Labute approximate surface area is 247 Å². The van der Waals surface area contributed by atoms with Crippen molar-refractivity contribution in [1.29, 1.82) is 0 Å². The number of hydrogen-bond donors (Lipinski definition) is 4. The summed E-state index contributed by atoms with van der Waals surface area (Å²) < 4.78 is 28.2. The van der Waals surface area contributed by atoms with Crippen LogP contribution in [0.3, 0.4) is 0 Å². The molecule has 1 saturated heterocycles. The van der Waals surface area contributed by atoms with Crippen molar-refractivity contribution in [3.8, 4) is 0 Å². The third kappa shape index (κ3) is 6.60. The molecule has 42 heavy (non-hydrogen) atoms. The van der Waals surface area contributed by atoms with Crippen molar-refractivity contribution < 1.29 is 23.2 Å². The van der Waals surface area contributed by atoms with Crippen LogP contribution < -0.4 is 21.3 Å². The molecule has 4 rings (SSSR count). The Morgan fingerprint density at radius 1 is 1.12 bits per heavy atom. The number of nitrogens with one attached hydrogen (secondary N) is 4. The van der Waals surface area contributed by atoms with Crippen LogP contribution >= 0.6 is 11.6 Å². The van der Waals surface area contributed by atoms with E-state index in [1.807, 2.05) is 20.8 Å². The number of anilines is 3. The first-order valence-corrected chi connectivity index (χ1v) is 13.9. The lowest BCUT2D eigenvalue weighted by Gasteiger charge is -2.36. The highest BCUT2D eigenvalue weighted by molar-refractivity contribution is 6.31. The van der Waals surface area contributed by atoms with Gasteiger partial charge in [-0.15, -0.1) is 0 Å². The average Bonchev–Trinajstić information content (AvgIpc) is 3.45. The smallest absolute Gasteiger partial charge is 0.247 e. The maximum atomic E-state index is 14.5. The number of likely N-dealkylation sites (tertiary alicyclic amines) is 1. The number of carbonyl (C=O) groups excluding carboxylic acids is 3. The van der Waals surface area contributed by atoms with Crippen LogP contribution in [0.25, 0.3) is 10.9 Å². The van der Waals surface area contributed by atoms with Gasteiger partial charge in [-0.25, -0.2) is 18.7 Å². The fourth-order valence-electron chi connectivity index (χ4n) is 4.73. The van der Waals surface area contributed by atoms with Crippen LogP contribution in [-0.4, -0.2) is 64.3 Å². The molecular formula is C29H34ClF2N7O3. The van der Waals surface area contributed by atoms with E-state index >= 15 is 0 Å². The predicted molar refractivity (Wildman–Crippen MR) is 157 cm³/mol. The lowest BCUT2D eigenvalue weighted by molar-refractivity contribution is -0.143. The molecule has 1 aliphatic rings. The Balaban J connectivity index is 1.55. The minimum Gasteiger partial charge on any atom is -0.342 e. The van der Waals surface area contributed by atoms with Crippen LogP contribution in [-0.2, 0) is 14.4 Å². The molecular weight excluding hydrogens is 568 g/mol. The summed E-state index contributed by atoms with van der Waals surface area (Å²) in [6, 6.07) is 5.12. The van der Waals surface area contributed by atoms with Crippen LogP contribution in [0.15, 0.2) is 36.7 Å². The van der Waals surface area contributed by atoms with Gasteiger partial charge in [0.15, 0.2) is 5.82 Å². The third-order valence-electron chi connectivity index (χ3n) is 7.26. The molecule has 0 spiro atoms. The van der Waals surface area contributed by atoms with Crippen molar-refractivity contribution in [3.63, 3.8) is 0 Å². The van der Waals surface area contributed by atoms with Crippen molar-refractivity contribution in [2.45, 2.75) is 58.7 Å². The Hall–Kier alpha value is -3.90. The van der Waals surface area contributed by atoms with E-state index in [9.17, 15) is 23.2 Å². The lowest BCUT2D eigenvalue weighted by Crippen LogP contribution is -2.59. The molecule has 1 fully saturated rings. The monoisotopic (exact) mass is 601 g/mol. The standard InChI is InChI=1S/C29H34ClF2N7O3/c1-15(33-5)26(40)38-24(29(2,3)4)28(42)39-12-6-7-21(39)27(41)36-16-8-10-19-17(13-16)25(35-14-34-19)37-20-11-9-18(31)22(30)23(20)32/h8-11,13-15,21,24,33H,6-7,12H2,1-5H3,(H,36,41)(H,38,40)(H,34,35,37). The molecule has 3 atom stereocenters. The van der Waals surface area contributed by atoms with Gasteiger partial charge in [0.25, 0.3) is 0 Å². The van der Waals surface area contributed by atoms with Crippen molar-refractivity contribution in [3.05, 3.63) is 53.3 Å². The minimum atomic E-state index is -0.968. The zero-order valence-corrected chi connectivity index (χ0v) is 24.8. The van der Waals surface area contributed by atoms with E-state index in [-0.39, 0.29) is 29.2 Å². The summed E-state index contributed by atoms with van der Waals surface area (Å²) in [7, 11) is 1.66. The second-order valence-electron chi connectivity index (χ2n) is 11.3. The molecule has 3 amide bonds. The van der Waals surface area contributed by atoms with Crippen LogP contribution in [0, 0.1) is 17.0 Å². The minimum absolute atomic E-state index is 0.0828. The molecule has 3 unspecified atom stereocenters. The van der Waals surface area contributed by atoms with Gasteiger partial charge < -0.3 is 26.2 Å². The van der Waals surface area contributed by atoms with Gasteiger partial charge in [0, 0.05) is 17.6 Å². The highest BCUT2D eigenvalue weighted by Crippen LogP contribution is 2.31. The Kier molecular flexibility index (Phi) is 9.27. The van der Waals surface area contributed by atoms with Gasteiger partial charge in [0.05, 0.1) is 17.2 Å². The Bertz CT molecular complexity index is 1510. The summed E-state index contributed by atoms with van der Waals surface area (Å²) in [5, 5.41) is 11.2. The number of halogens is 3. The molecule has 4 N–H and O–H groups in total. The zero-order chi connectivity index (χ0) is 30.8. The molecule has 0 aliphatic carbocycles.